The second kappa shape index (κ2) is 4.82. The third kappa shape index (κ3) is 2.04. The van der Waals surface area contributed by atoms with E-state index >= 15 is 0 Å². The standard InChI is InChI=1S/C14H11N2.Ir/c1-16-13-10-6-5-9-12(13)15-14(16)11-7-3-2-4-8-11;/h2-7,9-10H,1H3;/q-1;/i1D3;. The summed E-state index contributed by atoms with van der Waals surface area (Å²) in [6, 6.07) is 17.5. The van der Waals surface area contributed by atoms with Crippen LogP contribution in [0.4, 0.5) is 0 Å². The molecule has 0 N–H and O–H groups in total. The van der Waals surface area contributed by atoms with Gasteiger partial charge in [-0.3, -0.25) is 4.98 Å². The van der Waals surface area contributed by atoms with Crippen molar-refractivity contribution in [1.29, 1.82) is 0 Å². The molecule has 1 aromatic heterocycles. The van der Waals surface area contributed by atoms with Crippen LogP contribution in [0.3, 0.4) is 0 Å². The van der Waals surface area contributed by atoms with E-state index in [0.717, 1.165) is 0 Å². The zero-order valence-corrected chi connectivity index (χ0v) is 11.2. The van der Waals surface area contributed by atoms with Crippen LogP contribution in [0.15, 0.2) is 48.5 Å². The summed E-state index contributed by atoms with van der Waals surface area (Å²) in [5.74, 6) is 0.418. The van der Waals surface area contributed by atoms with Crippen LogP contribution >= 0.6 is 0 Å². The van der Waals surface area contributed by atoms with Crippen LogP contribution in [0.5, 0.6) is 0 Å². The summed E-state index contributed by atoms with van der Waals surface area (Å²) < 4.78 is 24.4. The molecule has 3 heteroatoms. The first-order valence-electron chi connectivity index (χ1n) is 6.52. The summed E-state index contributed by atoms with van der Waals surface area (Å²) in [5.41, 5.74) is 1.95. The normalized spacial score (nSPS) is 13.5. The number of aryl methyl sites for hydroxylation is 1. The Morgan fingerprint density at radius 1 is 1.18 bits per heavy atom. The van der Waals surface area contributed by atoms with E-state index in [0.29, 0.717) is 22.4 Å². The number of hydrogen-bond donors (Lipinski definition) is 0. The average Bonchev–Trinajstić information content (AvgIpc) is 2.79. The SMILES string of the molecule is [2H]C([2H])([2H])n1c(-c2[c-]cccc2)nc2ccccc21.[Ir]. The van der Waals surface area contributed by atoms with Crippen molar-refractivity contribution < 1.29 is 24.2 Å². The van der Waals surface area contributed by atoms with Gasteiger partial charge in [-0.05, 0) is 12.1 Å². The van der Waals surface area contributed by atoms with Crippen LogP contribution in [0.1, 0.15) is 4.11 Å². The Labute approximate surface area is 118 Å². The topological polar surface area (TPSA) is 17.8 Å². The van der Waals surface area contributed by atoms with Crippen LogP contribution in [-0.2, 0) is 27.1 Å². The molecule has 3 rings (SSSR count). The van der Waals surface area contributed by atoms with Gasteiger partial charge in [0.25, 0.3) is 0 Å². The summed E-state index contributed by atoms with van der Waals surface area (Å²) in [6.45, 7) is -2.27. The van der Waals surface area contributed by atoms with Gasteiger partial charge in [0.1, 0.15) is 0 Å². The van der Waals surface area contributed by atoms with Gasteiger partial charge in [-0.15, -0.1) is 35.9 Å². The third-order valence-electron chi connectivity index (χ3n) is 2.51. The van der Waals surface area contributed by atoms with Crippen molar-refractivity contribution in [3.8, 4) is 11.4 Å². The number of benzene rings is 2. The van der Waals surface area contributed by atoms with E-state index in [-0.39, 0.29) is 20.1 Å². The van der Waals surface area contributed by atoms with Crippen molar-refractivity contribution in [2.75, 3.05) is 0 Å². The second-order valence-corrected chi connectivity index (χ2v) is 3.54. The van der Waals surface area contributed by atoms with Gasteiger partial charge in [0.05, 0.1) is 16.9 Å². The van der Waals surface area contributed by atoms with E-state index in [2.05, 4.69) is 11.1 Å². The summed E-state index contributed by atoms with van der Waals surface area (Å²) in [7, 11) is 0. The molecule has 2 nitrogen and oxygen atoms in total. The van der Waals surface area contributed by atoms with E-state index < -0.39 is 6.98 Å². The van der Waals surface area contributed by atoms with E-state index in [1.807, 2.05) is 36.4 Å². The van der Waals surface area contributed by atoms with Crippen molar-refractivity contribution in [2.24, 2.45) is 6.98 Å². The molecule has 0 amide bonds. The number of fused-ring (bicyclic) bond motifs is 1. The summed E-state index contributed by atoms with van der Waals surface area (Å²) in [5, 5.41) is 0. The maximum Gasteiger partial charge on any atom is 0.0770 e. The van der Waals surface area contributed by atoms with Crippen molar-refractivity contribution >= 4 is 11.0 Å². The number of hydrogen-bond acceptors (Lipinski definition) is 1. The van der Waals surface area contributed by atoms with E-state index in [4.69, 9.17) is 4.11 Å². The van der Waals surface area contributed by atoms with Gasteiger partial charge < -0.3 is 4.57 Å². The number of aromatic nitrogens is 2. The van der Waals surface area contributed by atoms with E-state index in [1.165, 1.54) is 4.57 Å². The van der Waals surface area contributed by atoms with Gasteiger partial charge in [0, 0.05) is 31.2 Å². The maximum absolute atomic E-state index is 7.70. The number of imidazole rings is 1. The van der Waals surface area contributed by atoms with Gasteiger partial charge in [0.15, 0.2) is 0 Å². The molecule has 2 aromatic carbocycles. The largest absolute Gasteiger partial charge is 0.367 e. The molecule has 87 valence electrons. The van der Waals surface area contributed by atoms with Gasteiger partial charge >= 0.3 is 0 Å². The predicted octanol–water partition coefficient (Wildman–Crippen LogP) is 3.04. The van der Waals surface area contributed by atoms with Crippen molar-refractivity contribution in [3.05, 3.63) is 54.6 Å². The number of rotatable bonds is 1. The Kier molecular flexibility index (Phi) is 2.45. The minimum absolute atomic E-state index is 0. The molecule has 3 aromatic rings. The Hall–Kier alpha value is -1.44. The molecule has 17 heavy (non-hydrogen) atoms. The molecule has 0 atom stereocenters. The van der Waals surface area contributed by atoms with E-state index in [9.17, 15) is 0 Å². The van der Waals surface area contributed by atoms with Crippen LogP contribution in [-0.4, -0.2) is 9.55 Å². The van der Waals surface area contributed by atoms with Crippen molar-refractivity contribution in [3.63, 3.8) is 0 Å². The molecule has 0 aliphatic carbocycles. The molecule has 0 saturated carbocycles. The molecule has 0 bridgehead atoms. The first-order chi connectivity index (χ1) is 9.07. The number of para-hydroxylation sites is 2. The molecular formula is C14H11IrN2-. The third-order valence-corrected chi connectivity index (χ3v) is 2.51. The van der Waals surface area contributed by atoms with Crippen molar-refractivity contribution in [1.82, 2.24) is 9.55 Å². The van der Waals surface area contributed by atoms with Crippen molar-refractivity contribution in [2.45, 2.75) is 0 Å². The van der Waals surface area contributed by atoms with Gasteiger partial charge in [0.2, 0.25) is 0 Å². The fourth-order valence-electron chi connectivity index (χ4n) is 1.74. The zero-order valence-electron chi connectivity index (χ0n) is 11.8. The second-order valence-electron chi connectivity index (χ2n) is 3.54. The fourth-order valence-corrected chi connectivity index (χ4v) is 1.74. The predicted molar refractivity (Wildman–Crippen MR) is 65.0 cm³/mol. The summed E-state index contributed by atoms with van der Waals surface area (Å²) >= 11 is 0. The Morgan fingerprint density at radius 2 is 2.00 bits per heavy atom. The van der Waals surface area contributed by atoms with Crippen LogP contribution in [0.25, 0.3) is 22.4 Å². The minimum atomic E-state index is -2.27. The van der Waals surface area contributed by atoms with Crippen LogP contribution in [0.2, 0.25) is 0 Å². The zero-order chi connectivity index (χ0) is 13.5. The molecule has 0 aliphatic heterocycles. The average molecular weight is 402 g/mol. The Balaban J connectivity index is 0.00000147. The smallest absolute Gasteiger partial charge is 0.0770 e. The molecule has 0 spiro atoms. The van der Waals surface area contributed by atoms with E-state index in [1.54, 1.807) is 12.1 Å². The van der Waals surface area contributed by atoms with Gasteiger partial charge in [-0.2, -0.15) is 0 Å². The fraction of sp³-hybridized carbons (Fsp3) is 0.0714. The van der Waals surface area contributed by atoms with Gasteiger partial charge in [-0.25, -0.2) is 0 Å². The van der Waals surface area contributed by atoms with Crippen LogP contribution in [0, 0.1) is 6.07 Å². The molecular weight excluding hydrogens is 388 g/mol. The van der Waals surface area contributed by atoms with Crippen LogP contribution < -0.4 is 0 Å². The molecule has 1 heterocycles. The number of nitrogens with zero attached hydrogens (tertiary/aromatic N) is 2. The first-order valence-corrected chi connectivity index (χ1v) is 5.02. The molecule has 0 fully saturated rings. The first kappa shape index (κ1) is 8.62. The molecule has 0 aliphatic rings. The summed E-state index contributed by atoms with van der Waals surface area (Å²) in [4.78, 5) is 4.42. The summed E-state index contributed by atoms with van der Waals surface area (Å²) in [6.07, 6.45) is 0. The molecule has 0 unspecified atom stereocenters. The van der Waals surface area contributed by atoms with Gasteiger partial charge in [-0.1, -0.05) is 12.1 Å². The Morgan fingerprint density at radius 3 is 2.76 bits per heavy atom. The Bertz CT molecular complexity index is 720. The maximum atomic E-state index is 7.70. The molecule has 0 saturated heterocycles. The minimum Gasteiger partial charge on any atom is -0.367 e. The monoisotopic (exact) mass is 403 g/mol. The quantitative estimate of drug-likeness (QED) is 0.572. The molecule has 1 radical (unpaired) electrons.